The molecule has 1 fully saturated rings. The van der Waals surface area contributed by atoms with E-state index in [1.54, 1.807) is 0 Å². The van der Waals surface area contributed by atoms with E-state index >= 15 is 0 Å². The molecular formula is C23H28N2O3. The summed E-state index contributed by atoms with van der Waals surface area (Å²) in [6.07, 6.45) is 1.51. The maximum Gasteiger partial charge on any atom is 0.258 e. The van der Waals surface area contributed by atoms with Gasteiger partial charge < -0.3 is 15.0 Å². The molecule has 148 valence electrons. The van der Waals surface area contributed by atoms with Crippen LogP contribution in [0, 0.1) is 20.8 Å². The van der Waals surface area contributed by atoms with Crippen LogP contribution in [-0.2, 0) is 4.79 Å². The minimum absolute atomic E-state index is 0.00621. The molecule has 1 N–H and O–H groups in total. The fraction of sp³-hybridized carbons (Fsp3) is 0.391. The quantitative estimate of drug-likeness (QED) is 0.865. The Hall–Kier alpha value is -2.82. The molecule has 3 rings (SSSR count). The molecule has 1 saturated heterocycles. The fourth-order valence-corrected chi connectivity index (χ4v) is 3.58. The molecule has 0 saturated carbocycles. The fourth-order valence-electron chi connectivity index (χ4n) is 3.58. The third-order valence-electron chi connectivity index (χ3n) is 5.21. The monoisotopic (exact) mass is 380 g/mol. The number of hydrogen-bond donors (Lipinski definition) is 1. The summed E-state index contributed by atoms with van der Waals surface area (Å²) in [4.78, 5) is 26.8. The number of nitrogens with one attached hydrogen (secondary N) is 1. The molecule has 2 aromatic carbocycles. The zero-order chi connectivity index (χ0) is 20.1. The molecule has 0 aromatic heterocycles. The highest BCUT2D eigenvalue weighted by molar-refractivity contribution is 5.95. The van der Waals surface area contributed by atoms with Crippen molar-refractivity contribution in [3.8, 4) is 5.75 Å². The standard InChI is InChI=1S/C23H28N2O3/c1-16-8-9-21(18(3)14-16)28-15-22(26)24-19-10-12-25(13-11-19)23(27)20-7-5-4-6-17(20)2/h4-9,14,19H,10-13,15H2,1-3H3,(H,24,26). The van der Waals surface area contributed by atoms with Crippen molar-refractivity contribution in [3.63, 3.8) is 0 Å². The van der Waals surface area contributed by atoms with Crippen molar-refractivity contribution in [2.45, 2.75) is 39.7 Å². The van der Waals surface area contributed by atoms with Gasteiger partial charge in [0.15, 0.2) is 6.61 Å². The Bertz CT molecular complexity index is 855. The van der Waals surface area contributed by atoms with Crippen LogP contribution in [0.1, 0.15) is 39.9 Å². The molecule has 0 aliphatic carbocycles. The summed E-state index contributed by atoms with van der Waals surface area (Å²) < 4.78 is 5.65. The highest BCUT2D eigenvalue weighted by atomic mass is 16.5. The van der Waals surface area contributed by atoms with Crippen molar-refractivity contribution in [2.75, 3.05) is 19.7 Å². The van der Waals surface area contributed by atoms with Crippen LogP contribution < -0.4 is 10.1 Å². The molecule has 0 radical (unpaired) electrons. The average molecular weight is 380 g/mol. The molecule has 2 aromatic rings. The Morgan fingerprint density at radius 3 is 2.43 bits per heavy atom. The third kappa shape index (κ3) is 4.91. The first-order valence-electron chi connectivity index (χ1n) is 9.78. The van der Waals surface area contributed by atoms with Gasteiger partial charge >= 0.3 is 0 Å². The number of piperidine rings is 1. The molecule has 2 amide bonds. The van der Waals surface area contributed by atoms with E-state index in [0.717, 1.165) is 35.3 Å². The molecule has 0 atom stereocenters. The lowest BCUT2D eigenvalue weighted by molar-refractivity contribution is -0.124. The summed E-state index contributed by atoms with van der Waals surface area (Å²) in [7, 11) is 0. The number of hydrogen-bond acceptors (Lipinski definition) is 3. The van der Waals surface area contributed by atoms with Crippen molar-refractivity contribution in [1.82, 2.24) is 10.2 Å². The maximum absolute atomic E-state index is 12.7. The summed E-state index contributed by atoms with van der Waals surface area (Å²) in [5.74, 6) is 0.684. The maximum atomic E-state index is 12.7. The number of nitrogens with zero attached hydrogens (tertiary/aromatic N) is 1. The Morgan fingerprint density at radius 1 is 1.04 bits per heavy atom. The summed E-state index contributed by atoms with van der Waals surface area (Å²) in [5.41, 5.74) is 3.94. The largest absolute Gasteiger partial charge is 0.484 e. The lowest BCUT2D eigenvalue weighted by atomic mass is 10.0. The normalized spacial score (nSPS) is 14.6. The van der Waals surface area contributed by atoms with Crippen molar-refractivity contribution in [1.29, 1.82) is 0 Å². The Labute approximate surface area is 166 Å². The first-order valence-corrected chi connectivity index (χ1v) is 9.78. The minimum Gasteiger partial charge on any atom is -0.484 e. The van der Waals surface area contributed by atoms with Crippen LogP contribution in [0.5, 0.6) is 5.75 Å². The Kier molecular flexibility index (Phi) is 6.34. The van der Waals surface area contributed by atoms with Gasteiger partial charge in [0.2, 0.25) is 0 Å². The van der Waals surface area contributed by atoms with Crippen molar-refractivity contribution < 1.29 is 14.3 Å². The summed E-state index contributed by atoms with van der Waals surface area (Å²) in [6.45, 7) is 7.26. The van der Waals surface area contributed by atoms with Crippen LogP contribution in [0.2, 0.25) is 0 Å². The predicted octanol–water partition coefficient (Wildman–Crippen LogP) is 3.41. The van der Waals surface area contributed by atoms with E-state index in [4.69, 9.17) is 4.74 Å². The van der Waals surface area contributed by atoms with Gasteiger partial charge in [-0.1, -0.05) is 35.9 Å². The molecule has 28 heavy (non-hydrogen) atoms. The second-order valence-electron chi connectivity index (χ2n) is 7.51. The van der Waals surface area contributed by atoms with Gasteiger partial charge in [0.05, 0.1) is 0 Å². The molecule has 0 unspecified atom stereocenters. The van der Waals surface area contributed by atoms with Gasteiger partial charge in [-0.2, -0.15) is 0 Å². The number of carbonyl (C=O) groups excluding carboxylic acids is 2. The molecular weight excluding hydrogens is 352 g/mol. The molecule has 5 nitrogen and oxygen atoms in total. The number of aryl methyl sites for hydroxylation is 3. The topological polar surface area (TPSA) is 58.6 Å². The summed E-state index contributed by atoms with van der Waals surface area (Å²) in [6, 6.07) is 13.6. The number of likely N-dealkylation sites (tertiary alicyclic amines) is 1. The van der Waals surface area contributed by atoms with Gasteiger partial charge in [-0.05, 0) is 56.9 Å². The third-order valence-corrected chi connectivity index (χ3v) is 5.21. The minimum atomic E-state index is -0.122. The first kappa shape index (κ1) is 19.9. The van der Waals surface area contributed by atoms with Crippen LogP contribution in [0.4, 0.5) is 0 Å². The van der Waals surface area contributed by atoms with E-state index < -0.39 is 0 Å². The van der Waals surface area contributed by atoms with E-state index in [9.17, 15) is 9.59 Å². The second kappa shape index (κ2) is 8.91. The van der Waals surface area contributed by atoms with Crippen LogP contribution in [-0.4, -0.2) is 42.5 Å². The average Bonchev–Trinajstić information content (AvgIpc) is 2.68. The molecule has 1 heterocycles. The number of rotatable bonds is 5. The molecule has 1 aliphatic heterocycles. The van der Waals surface area contributed by atoms with E-state index in [1.807, 2.05) is 68.1 Å². The Balaban J connectivity index is 1.45. The number of ether oxygens (including phenoxy) is 1. The van der Waals surface area contributed by atoms with Crippen LogP contribution in [0.15, 0.2) is 42.5 Å². The Morgan fingerprint density at radius 2 is 1.75 bits per heavy atom. The van der Waals surface area contributed by atoms with Crippen LogP contribution >= 0.6 is 0 Å². The van der Waals surface area contributed by atoms with Crippen molar-refractivity contribution in [3.05, 3.63) is 64.7 Å². The molecule has 0 spiro atoms. The second-order valence-corrected chi connectivity index (χ2v) is 7.51. The van der Waals surface area contributed by atoms with E-state index in [-0.39, 0.29) is 24.5 Å². The highest BCUT2D eigenvalue weighted by Gasteiger charge is 2.25. The first-order chi connectivity index (χ1) is 13.4. The van der Waals surface area contributed by atoms with Gasteiger partial charge in [0.25, 0.3) is 11.8 Å². The van der Waals surface area contributed by atoms with Gasteiger partial charge in [-0.3, -0.25) is 9.59 Å². The van der Waals surface area contributed by atoms with Crippen molar-refractivity contribution >= 4 is 11.8 Å². The smallest absolute Gasteiger partial charge is 0.258 e. The van der Waals surface area contributed by atoms with Gasteiger partial charge in [-0.25, -0.2) is 0 Å². The van der Waals surface area contributed by atoms with Crippen molar-refractivity contribution in [2.24, 2.45) is 0 Å². The lowest BCUT2D eigenvalue weighted by Gasteiger charge is -2.32. The van der Waals surface area contributed by atoms with E-state index in [0.29, 0.717) is 13.1 Å². The lowest BCUT2D eigenvalue weighted by Crippen LogP contribution is -2.47. The van der Waals surface area contributed by atoms with Gasteiger partial charge in [0.1, 0.15) is 5.75 Å². The molecule has 1 aliphatic rings. The summed E-state index contributed by atoms with van der Waals surface area (Å²) >= 11 is 0. The molecule has 0 bridgehead atoms. The zero-order valence-electron chi connectivity index (χ0n) is 16.8. The summed E-state index contributed by atoms with van der Waals surface area (Å²) in [5, 5.41) is 3.03. The van der Waals surface area contributed by atoms with Gasteiger partial charge in [0, 0.05) is 24.7 Å². The van der Waals surface area contributed by atoms with E-state index in [2.05, 4.69) is 5.32 Å². The zero-order valence-corrected chi connectivity index (χ0v) is 16.8. The van der Waals surface area contributed by atoms with Gasteiger partial charge in [-0.15, -0.1) is 0 Å². The van der Waals surface area contributed by atoms with E-state index in [1.165, 1.54) is 5.56 Å². The number of amides is 2. The predicted molar refractivity (Wildman–Crippen MR) is 110 cm³/mol. The van der Waals surface area contributed by atoms with Crippen LogP contribution in [0.25, 0.3) is 0 Å². The highest BCUT2D eigenvalue weighted by Crippen LogP contribution is 2.19. The SMILES string of the molecule is Cc1ccc(OCC(=O)NC2CCN(C(=O)c3ccccc3C)CC2)c(C)c1. The number of benzene rings is 2. The number of carbonyl (C=O) groups is 2. The molecule has 5 heteroatoms. The van der Waals surface area contributed by atoms with Crippen LogP contribution in [0.3, 0.4) is 0 Å².